The summed E-state index contributed by atoms with van der Waals surface area (Å²) in [6.45, 7) is 7.38. The van der Waals surface area contributed by atoms with Gasteiger partial charge in [-0.1, -0.05) is 13.3 Å². The molecule has 0 saturated carbocycles. The number of nitrogens with zero attached hydrogens (tertiary/aromatic N) is 2. The second kappa shape index (κ2) is 4.16. The standard InChI is InChI=1S/C13H19N3/c1-4-5-6-16-12-8-10(3)9(2)7-11(12)15-13(16)14/h7-8H,4-6H2,1-3H3,(H2,14,15). The van der Waals surface area contributed by atoms with Crippen molar-refractivity contribution >= 4 is 17.0 Å². The van der Waals surface area contributed by atoms with Crippen molar-refractivity contribution in [3.8, 4) is 0 Å². The average Bonchev–Trinajstić information content (AvgIpc) is 2.52. The topological polar surface area (TPSA) is 43.8 Å². The van der Waals surface area contributed by atoms with Crippen molar-refractivity contribution in [3.05, 3.63) is 23.3 Å². The normalized spacial score (nSPS) is 11.2. The number of benzene rings is 1. The third kappa shape index (κ3) is 1.77. The Kier molecular flexibility index (Phi) is 2.86. The van der Waals surface area contributed by atoms with Crippen LogP contribution in [0.2, 0.25) is 0 Å². The third-order valence-corrected chi connectivity index (χ3v) is 3.13. The summed E-state index contributed by atoms with van der Waals surface area (Å²) in [7, 11) is 0. The van der Waals surface area contributed by atoms with Crippen LogP contribution in [0.25, 0.3) is 11.0 Å². The van der Waals surface area contributed by atoms with E-state index in [0.29, 0.717) is 5.95 Å². The lowest BCUT2D eigenvalue weighted by Crippen LogP contribution is -2.03. The number of nitrogen functional groups attached to an aromatic ring is 1. The molecular weight excluding hydrogens is 198 g/mol. The maximum atomic E-state index is 5.95. The molecule has 3 heteroatoms. The molecule has 1 heterocycles. The second-order valence-corrected chi connectivity index (χ2v) is 4.40. The van der Waals surface area contributed by atoms with Crippen molar-refractivity contribution in [1.29, 1.82) is 0 Å². The smallest absolute Gasteiger partial charge is 0.201 e. The maximum Gasteiger partial charge on any atom is 0.201 e. The van der Waals surface area contributed by atoms with Gasteiger partial charge in [-0.05, 0) is 43.5 Å². The van der Waals surface area contributed by atoms with Gasteiger partial charge in [0.1, 0.15) is 0 Å². The zero-order chi connectivity index (χ0) is 11.7. The van der Waals surface area contributed by atoms with Crippen molar-refractivity contribution in [3.63, 3.8) is 0 Å². The first-order chi connectivity index (χ1) is 7.63. The fraction of sp³-hybridized carbons (Fsp3) is 0.462. The molecule has 1 aromatic carbocycles. The van der Waals surface area contributed by atoms with E-state index in [1.54, 1.807) is 0 Å². The first-order valence-corrected chi connectivity index (χ1v) is 5.86. The molecule has 86 valence electrons. The van der Waals surface area contributed by atoms with E-state index in [-0.39, 0.29) is 0 Å². The van der Waals surface area contributed by atoms with Crippen LogP contribution in [0, 0.1) is 13.8 Å². The van der Waals surface area contributed by atoms with Gasteiger partial charge in [0.15, 0.2) is 0 Å². The number of unbranched alkanes of at least 4 members (excludes halogenated alkanes) is 1. The summed E-state index contributed by atoms with van der Waals surface area (Å²) in [5, 5.41) is 0. The van der Waals surface area contributed by atoms with Crippen LogP contribution in [0.4, 0.5) is 5.95 Å². The van der Waals surface area contributed by atoms with Crippen molar-refractivity contribution in [1.82, 2.24) is 9.55 Å². The highest BCUT2D eigenvalue weighted by Gasteiger charge is 2.08. The summed E-state index contributed by atoms with van der Waals surface area (Å²) >= 11 is 0. The Bertz CT molecular complexity index is 511. The van der Waals surface area contributed by atoms with Gasteiger partial charge in [-0.15, -0.1) is 0 Å². The summed E-state index contributed by atoms with van der Waals surface area (Å²) in [5.74, 6) is 0.633. The average molecular weight is 217 g/mol. The Balaban J connectivity index is 2.55. The molecule has 2 rings (SSSR count). The van der Waals surface area contributed by atoms with Crippen molar-refractivity contribution in [2.45, 2.75) is 40.2 Å². The molecule has 0 fully saturated rings. The summed E-state index contributed by atoms with van der Waals surface area (Å²) in [6.07, 6.45) is 2.31. The lowest BCUT2D eigenvalue weighted by Gasteiger charge is -2.06. The molecule has 1 aromatic heterocycles. The highest BCUT2D eigenvalue weighted by Crippen LogP contribution is 2.22. The molecular formula is C13H19N3. The SMILES string of the molecule is CCCCn1c(N)nc2cc(C)c(C)cc21. The van der Waals surface area contributed by atoms with Gasteiger partial charge >= 0.3 is 0 Å². The fourth-order valence-corrected chi connectivity index (χ4v) is 1.95. The Labute approximate surface area is 96.3 Å². The Morgan fingerprint density at radius 2 is 1.94 bits per heavy atom. The number of rotatable bonds is 3. The number of aromatic nitrogens is 2. The highest BCUT2D eigenvalue weighted by molar-refractivity contribution is 5.80. The van der Waals surface area contributed by atoms with E-state index < -0.39 is 0 Å². The van der Waals surface area contributed by atoms with Gasteiger partial charge in [0.2, 0.25) is 5.95 Å². The van der Waals surface area contributed by atoms with Crippen LogP contribution in [0.5, 0.6) is 0 Å². The molecule has 0 unspecified atom stereocenters. The quantitative estimate of drug-likeness (QED) is 0.858. The molecule has 0 amide bonds. The van der Waals surface area contributed by atoms with E-state index in [2.05, 4.69) is 42.5 Å². The zero-order valence-electron chi connectivity index (χ0n) is 10.2. The highest BCUT2D eigenvalue weighted by atomic mass is 15.1. The Morgan fingerprint density at radius 3 is 2.62 bits per heavy atom. The molecule has 3 nitrogen and oxygen atoms in total. The lowest BCUT2D eigenvalue weighted by molar-refractivity contribution is 0.653. The molecule has 0 saturated heterocycles. The number of hydrogen-bond acceptors (Lipinski definition) is 2. The van der Waals surface area contributed by atoms with Gasteiger partial charge in [-0.3, -0.25) is 0 Å². The van der Waals surface area contributed by atoms with Crippen LogP contribution in [-0.4, -0.2) is 9.55 Å². The molecule has 0 bridgehead atoms. The van der Waals surface area contributed by atoms with Crippen LogP contribution < -0.4 is 5.73 Å². The van der Waals surface area contributed by atoms with Gasteiger partial charge in [-0.2, -0.15) is 0 Å². The van der Waals surface area contributed by atoms with E-state index in [1.807, 2.05) is 0 Å². The molecule has 2 aromatic rings. The van der Waals surface area contributed by atoms with E-state index in [9.17, 15) is 0 Å². The molecule has 16 heavy (non-hydrogen) atoms. The number of hydrogen-bond donors (Lipinski definition) is 1. The molecule has 0 spiro atoms. The summed E-state index contributed by atoms with van der Waals surface area (Å²) in [4.78, 5) is 4.41. The second-order valence-electron chi connectivity index (χ2n) is 4.40. The number of aryl methyl sites for hydroxylation is 3. The van der Waals surface area contributed by atoms with Crippen molar-refractivity contribution in [2.75, 3.05) is 5.73 Å². The summed E-state index contributed by atoms with van der Waals surface area (Å²) in [6, 6.07) is 4.30. The van der Waals surface area contributed by atoms with Crippen molar-refractivity contribution < 1.29 is 0 Å². The number of imidazole rings is 1. The zero-order valence-corrected chi connectivity index (χ0v) is 10.2. The minimum atomic E-state index is 0.633. The summed E-state index contributed by atoms with van der Waals surface area (Å²) < 4.78 is 2.12. The third-order valence-electron chi connectivity index (χ3n) is 3.13. The van der Waals surface area contributed by atoms with E-state index in [0.717, 1.165) is 24.0 Å². The molecule has 0 atom stereocenters. The first-order valence-electron chi connectivity index (χ1n) is 5.86. The fourth-order valence-electron chi connectivity index (χ4n) is 1.95. The van der Waals surface area contributed by atoms with Crippen LogP contribution >= 0.6 is 0 Å². The molecule has 0 aliphatic carbocycles. The molecule has 0 aliphatic heterocycles. The molecule has 0 aliphatic rings. The van der Waals surface area contributed by atoms with Crippen LogP contribution in [0.1, 0.15) is 30.9 Å². The maximum absolute atomic E-state index is 5.95. The van der Waals surface area contributed by atoms with Gasteiger partial charge in [0, 0.05) is 6.54 Å². The van der Waals surface area contributed by atoms with Gasteiger partial charge in [-0.25, -0.2) is 4.98 Å². The molecule has 0 radical (unpaired) electrons. The van der Waals surface area contributed by atoms with E-state index in [4.69, 9.17) is 5.73 Å². The van der Waals surface area contributed by atoms with Gasteiger partial charge in [0.25, 0.3) is 0 Å². The van der Waals surface area contributed by atoms with Crippen LogP contribution in [-0.2, 0) is 6.54 Å². The first kappa shape index (κ1) is 11.0. The lowest BCUT2D eigenvalue weighted by atomic mass is 10.1. The van der Waals surface area contributed by atoms with E-state index >= 15 is 0 Å². The Morgan fingerprint density at radius 1 is 1.25 bits per heavy atom. The number of nitrogens with two attached hydrogens (primary N) is 1. The monoisotopic (exact) mass is 217 g/mol. The van der Waals surface area contributed by atoms with Crippen molar-refractivity contribution in [2.24, 2.45) is 0 Å². The number of fused-ring (bicyclic) bond motifs is 1. The van der Waals surface area contributed by atoms with Gasteiger partial charge < -0.3 is 10.3 Å². The predicted molar refractivity (Wildman–Crippen MR) is 68.5 cm³/mol. The predicted octanol–water partition coefficient (Wildman–Crippen LogP) is 3.04. The minimum absolute atomic E-state index is 0.633. The summed E-state index contributed by atoms with van der Waals surface area (Å²) in [5.41, 5.74) is 10.7. The minimum Gasteiger partial charge on any atom is -0.369 e. The molecule has 2 N–H and O–H groups in total. The largest absolute Gasteiger partial charge is 0.369 e. The van der Waals surface area contributed by atoms with E-state index in [1.165, 1.54) is 17.5 Å². The van der Waals surface area contributed by atoms with Crippen LogP contribution in [0.3, 0.4) is 0 Å². The Hall–Kier alpha value is -1.51. The van der Waals surface area contributed by atoms with Gasteiger partial charge in [0.05, 0.1) is 11.0 Å². The van der Waals surface area contributed by atoms with Crippen LogP contribution in [0.15, 0.2) is 12.1 Å². The number of anilines is 1.